The number of hydrogen-bond acceptors (Lipinski definition) is 5. The number of nitriles is 1. The van der Waals surface area contributed by atoms with E-state index in [9.17, 15) is 14.4 Å². The number of rotatable bonds is 8. The topological polar surface area (TPSA) is 99.5 Å². The molecule has 0 bridgehead atoms. The first-order valence-corrected chi connectivity index (χ1v) is 9.40. The fraction of sp³-hybridized carbons (Fsp3) is 0.273. The molecule has 3 rings (SSSR count). The molecule has 7 nitrogen and oxygen atoms in total. The van der Waals surface area contributed by atoms with Gasteiger partial charge in [-0.1, -0.05) is 18.2 Å². The van der Waals surface area contributed by atoms with Crippen molar-refractivity contribution in [2.24, 2.45) is 0 Å². The molecule has 1 fully saturated rings. The summed E-state index contributed by atoms with van der Waals surface area (Å²) in [4.78, 5) is 37.1. The zero-order valence-corrected chi connectivity index (χ0v) is 15.9. The van der Waals surface area contributed by atoms with Crippen LogP contribution in [0.1, 0.15) is 41.6 Å². The molecule has 2 aromatic rings. The Morgan fingerprint density at radius 2 is 1.83 bits per heavy atom. The highest BCUT2D eigenvalue weighted by Gasteiger charge is 2.28. The smallest absolute Gasteiger partial charge is 0.255 e. The fourth-order valence-corrected chi connectivity index (χ4v) is 2.95. The Hall–Kier alpha value is -3.66. The van der Waals surface area contributed by atoms with Crippen molar-refractivity contribution in [3.8, 4) is 11.8 Å². The monoisotopic (exact) mass is 391 g/mol. The predicted octanol–water partition coefficient (Wildman–Crippen LogP) is 3.27. The van der Waals surface area contributed by atoms with E-state index >= 15 is 0 Å². The lowest BCUT2D eigenvalue weighted by molar-refractivity contribution is -0.139. The quantitative estimate of drug-likeness (QED) is 0.550. The maximum atomic E-state index is 12.5. The number of unbranched alkanes of at least 4 members (excludes halogenated alkanes) is 1. The average molecular weight is 391 g/mol. The maximum Gasteiger partial charge on any atom is 0.255 e. The number of carbonyl (C=O) groups excluding carboxylic acids is 3. The van der Waals surface area contributed by atoms with Crippen LogP contribution in [0.3, 0.4) is 0 Å². The maximum absolute atomic E-state index is 12.5. The van der Waals surface area contributed by atoms with Crippen LogP contribution in [0.4, 0.5) is 5.69 Å². The highest BCUT2D eigenvalue weighted by atomic mass is 16.5. The van der Waals surface area contributed by atoms with Gasteiger partial charge in [-0.2, -0.15) is 5.26 Å². The third-order valence-electron chi connectivity index (χ3n) is 4.51. The molecule has 0 spiro atoms. The van der Waals surface area contributed by atoms with Gasteiger partial charge < -0.3 is 10.1 Å². The molecule has 7 heteroatoms. The number of benzene rings is 2. The Balaban J connectivity index is 1.57. The first-order chi connectivity index (χ1) is 14.1. The molecular formula is C22H21N3O4. The Bertz CT molecular complexity index is 931. The van der Waals surface area contributed by atoms with E-state index in [-0.39, 0.29) is 37.1 Å². The van der Waals surface area contributed by atoms with E-state index in [1.807, 2.05) is 0 Å². The van der Waals surface area contributed by atoms with Crippen LogP contribution in [0.15, 0.2) is 48.5 Å². The van der Waals surface area contributed by atoms with Crippen molar-refractivity contribution in [3.05, 3.63) is 59.7 Å². The Kier molecular flexibility index (Phi) is 6.59. The SMILES string of the molecule is N#CCCCOc1cccc(NC(=O)c2ccc(CN3C(=O)CCC3=O)cc2)c1. The summed E-state index contributed by atoms with van der Waals surface area (Å²) in [6.45, 7) is 0.666. The molecule has 2 aromatic carbocycles. The molecule has 1 aliphatic rings. The summed E-state index contributed by atoms with van der Waals surface area (Å²) in [5.41, 5.74) is 1.86. The number of imide groups is 1. The molecule has 1 heterocycles. The molecule has 0 radical (unpaired) electrons. The standard InChI is InChI=1S/C22H21N3O4/c23-12-1-2-13-29-19-5-3-4-18(14-19)24-22(28)17-8-6-16(7-9-17)15-25-20(26)10-11-21(25)27/h3-9,14H,1-2,10-11,13,15H2,(H,24,28). The minimum Gasteiger partial charge on any atom is -0.493 e. The minimum absolute atomic E-state index is 0.161. The van der Waals surface area contributed by atoms with Gasteiger partial charge in [0.05, 0.1) is 19.2 Å². The first kappa shape index (κ1) is 20.1. The molecule has 1 N–H and O–H groups in total. The van der Waals surface area contributed by atoms with Crippen LogP contribution in [-0.2, 0) is 16.1 Å². The summed E-state index contributed by atoms with van der Waals surface area (Å²) in [7, 11) is 0. The largest absolute Gasteiger partial charge is 0.493 e. The number of nitrogens with zero attached hydrogens (tertiary/aromatic N) is 2. The second kappa shape index (κ2) is 9.51. The van der Waals surface area contributed by atoms with E-state index in [0.717, 1.165) is 5.56 Å². The van der Waals surface area contributed by atoms with Gasteiger partial charge in [0.1, 0.15) is 5.75 Å². The molecule has 29 heavy (non-hydrogen) atoms. The molecule has 0 atom stereocenters. The molecule has 1 saturated heterocycles. The highest BCUT2D eigenvalue weighted by molar-refractivity contribution is 6.04. The van der Waals surface area contributed by atoms with Crippen LogP contribution in [0.5, 0.6) is 5.75 Å². The van der Waals surface area contributed by atoms with Gasteiger partial charge in [0.15, 0.2) is 0 Å². The molecule has 148 valence electrons. The molecule has 0 aliphatic carbocycles. The van der Waals surface area contributed by atoms with E-state index < -0.39 is 0 Å². The lowest BCUT2D eigenvalue weighted by Crippen LogP contribution is -2.28. The van der Waals surface area contributed by atoms with Crippen LogP contribution < -0.4 is 10.1 Å². The van der Waals surface area contributed by atoms with Crippen molar-refractivity contribution in [3.63, 3.8) is 0 Å². The number of likely N-dealkylation sites (tertiary alicyclic amines) is 1. The molecule has 1 aliphatic heterocycles. The average Bonchev–Trinajstić information content (AvgIpc) is 3.04. The second-order valence-corrected chi connectivity index (χ2v) is 6.66. The molecule has 0 aromatic heterocycles. The van der Waals surface area contributed by atoms with Crippen molar-refractivity contribution >= 4 is 23.4 Å². The van der Waals surface area contributed by atoms with Crippen LogP contribution >= 0.6 is 0 Å². The van der Waals surface area contributed by atoms with Gasteiger partial charge in [0, 0.05) is 36.6 Å². The highest BCUT2D eigenvalue weighted by Crippen LogP contribution is 2.19. The van der Waals surface area contributed by atoms with Gasteiger partial charge in [-0.15, -0.1) is 0 Å². The van der Waals surface area contributed by atoms with E-state index in [1.54, 1.807) is 48.5 Å². The Labute approximate surface area is 168 Å². The molecular weight excluding hydrogens is 370 g/mol. The second-order valence-electron chi connectivity index (χ2n) is 6.66. The van der Waals surface area contributed by atoms with Gasteiger partial charge in [-0.3, -0.25) is 19.3 Å². The van der Waals surface area contributed by atoms with Crippen molar-refractivity contribution in [2.75, 3.05) is 11.9 Å². The number of carbonyl (C=O) groups is 3. The Morgan fingerprint density at radius 1 is 1.10 bits per heavy atom. The van der Waals surface area contributed by atoms with E-state index in [2.05, 4.69) is 11.4 Å². The summed E-state index contributed by atoms with van der Waals surface area (Å²) in [5, 5.41) is 11.4. The Morgan fingerprint density at radius 3 is 2.52 bits per heavy atom. The zero-order valence-electron chi connectivity index (χ0n) is 15.9. The van der Waals surface area contributed by atoms with Gasteiger partial charge in [0.2, 0.25) is 11.8 Å². The third-order valence-corrected chi connectivity index (χ3v) is 4.51. The van der Waals surface area contributed by atoms with E-state index in [4.69, 9.17) is 10.00 Å². The normalized spacial score (nSPS) is 13.3. The van der Waals surface area contributed by atoms with Crippen LogP contribution in [0, 0.1) is 11.3 Å². The number of nitrogens with one attached hydrogen (secondary N) is 1. The van der Waals surface area contributed by atoms with Crippen LogP contribution in [0.2, 0.25) is 0 Å². The molecule has 3 amide bonds. The first-order valence-electron chi connectivity index (χ1n) is 9.40. The summed E-state index contributed by atoms with van der Waals surface area (Å²) < 4.78 is 5.57. The van der Waals surface area contributed by atoms with Crippen molar-refractivity contribution < 1.29 is 19.1 Å². The van der Waals surface area contributed by atoms with Gasteiger partial charge in [-0.05, 0) is 36.2 Å². The number of hydrogen-bond donors (Lipinski definition) is 1. The summed E-state index contributed by atoms with van der Waals surface area (Å²) in [5.74, 6) is 0.0284. The zero-order chi connectivity index (χ0) is 20.6. The third kappa shape index (κ3) is 5.42. The number of ether oxygens (including phenoxy) is 1. The van der Waals surface area contributed by atoms with E-state index in [1.165, 1.54) is 4.90 Å². The van der Waals surface area contributed by atoms with Crippen molar-refractivity contribution in [1.82, 2.24) is 4.90 Å². The lowest BCUT2D eigenvalue weighted by atomic mass is 10.1. The predicted molar refractivity (Wildman–Crippen MR) is 106 cm³/mol. The van der Waals surface area contributed by atoms with Gasteiger partial charge >= 0.3 is 0 Å². The van der Waals surface area contributed by atoms with Crippen molar-refractivity contribution in [1.29, 1.82) is 5.26 Å². The van der Waals surface area contributed by atoms with Crippen LogP contribution in [0.25, 0.3) is 0 Å². The fourth-order valence-electron chi connectivity index (χ4n) is 2.95. The summed E-state index contributed by atoms with van der Waals surface area (Å²) >= 11 is 0. The summed E-state index contributed by atoms with van der Waals surface area (Å²) in [6.07, 6.45) is 1.61. The number of anilines is 1. The van der Waals surface area contributed by atoms with Crippen LogP contribution in [-0.4, -0.2) is 29.2 Å². The van der Waals surface area contributed by atoms with Gasteiger partial charge in [0.25, 0.3) is 5.91 Å². The van der Waals surface area contributed by atoms with Gasteiger partial charge in [-0.25, -0.2) is 0 Å². The van der Waals surface area contributed by atoms with Crippen molar-refractivity contribution in [2.45, 2.75) is 32.2 Å². The minimum atomic E-state index is -0.272. The molecule has 0 unspecified atom stereocenters. The van der Waals surface area contributed by atoms with E-state index in [0.29, 0.717) is 36.4 Å². The summed E-state index contributed by atoms with van der Waals surface area (Å²) in [6, 6.07) is 15.9. The lowest BCUT2D eigenvalue weighted by Gasteiger charge is -2.14. The molecule has 0 saturated carbocycles. The number of amides is 3.